The van der Waals surface area contributed by atoms with E-state index in [2.05, 4.69) is 0 Å². The average molecular weight is 748 g/mol. The third kappa shape index (κ3) is 4.84. The Morgan fingerprint density at radius 1 is 0.435 bits per heavy atom. The second-order valence-corrected chi connectivity index (χ2v) is 8.42. The first-order chi connectivity index (χ1) is 19.5. The largest absolute Gasteiger partial charge is 0.460 e. The van der Waals surface area contributed by atoms with Crippen molar-refractivity contribution in [2.75, 3.05) is 0 Å². The molecule has 1 heterocycles. The quantitative estimate of drug-likeness (QED) is 0.139. The molecule has 1 N–H and O–H groups in total. The molecule has 0 amide bonds. The molecule has 4 nitrogen and oxygen atoms in total. The summed E-state index contributed by atoms with van der Waals surface area (Å²) in [5.41, 5.74) is -9.37. The molecule has 0 saturated carbocycles. The second-order valence-electron chi connectivity index (χ2n) is 8.42. The van der Waals surface area contributed by atoms with Crippen molar-refractivity contribution in [3.8, 4) is 0 Å². The molecule has 1 rings (SSSR count). The summed E-state index contributed by atoms with van der Waals surface area (Å²) in [7, 11) is 0. The van der Waals surface area contributed by atoms with Crippen molar-refractivity contribution >= 4 is 5.82 Å². The molecule has 46 heavy (non-hydrogen) atoms. The van der Waals surface area contributed by atoms with Crippen LogP contribution in [0.2, 0.25) is 0 Å². The summed E-state index contributed by atoms with van der Waals surface area (Å²) in [5, 5.41) is 10.8. The van der Waals surface area contributed by atoms with Gasteiger partial charge in [0, 0.05) is 0 Å². The molecule has 1 aromatic rings. The summed E-state index contributed by atoms with van der Waals surface area (Å²) < 4.78 is 348. The minimum absolute atomic E-state index is 0.0728. The molecular weight excluding hydrogens is 746 g/mol. The number of alkyl halides is 26. The van der Waals surface area contributed by atoms with Crippen LogP contribution in [0.25, 0.3) is 0 Å². The third-order valence-electron chi connectivity index (χ3n) is 5.56. The maximum absolute atomic E-state index is 14.6. The lowest BCUT2D eigenvalue weighted by Gasteiger charge is -2.41. The lowest BCUT2D eigenvalue weighted by Crippen LogP contribution is -2.70. The minimum Gasteiger partial charge on any atom is -0.358 e. The van der Waals surface area contributed by atoms with Crippen LogP contribution < -0.4 is 0 Å². The minimum atomic E-state index is -9.03. The number of aromatic nitrogens is 1. The maximum atomic E-state index is 14.6. The standard InChI is InChI=1S/C16H2F26N2O2/c17-5(18,7(21,22)9(25,26)11(29,30)13(33,34)15(37,38)39)2-1-43-4(44(45)46)3(2)6(19,20)8(23,24)10(27,28)12(31,32)14(35,36)16(40,41)42/h1,43H. The van der Waals surface area contributed by atoms with Gasteiger partial charge in [-0.25, -0.2) is 4.98 Å². The molecule has 270 valence electrons. The van der Waals surface area contributed by atoms with Gasteiger partial charge in [-0.2, -0.15) is 114 Å². The van der Waals surface area contributed by atoms with Gasteiger partial charge in [0.25, 0.3) is 0 Å². The van der Waals surface area contributed by atoms with E-state index in [-0.39, 0.29) is 4.98 Å². The molecule has 0 aliphatic heterocycles. The van der Waals surface area contributed by atoms with E-state index in [0.29, 0.717) is 0 Å². The molecule has 0 unspecified atom stereocenters. The van der Waals surface area contributed by atoms with Crippen LogP contribution in [0.3, 0.4) is 0 Å². The highest BCUT2D eigenvalue weighted by Crippen LogP contribution is 2.66. The van der Waals surface area contributed by atoms with Gasteiger partial charge in [-0.1, -0.05) is 0 Å². The van der Waals surface area contributed by atoms with Gasteiger partial charge < -0.3 is 10.1 Å². The summed E-state index contributed by atoms with van der Waals surface area (Å²) >= 11 is 0. The highest BCUT2D eigenvalue weighted by atomic mass is 19.4. The Morgan fingerprint density at radius 2 is 0.696 bits per heavy atom. The smallest absolute Gasteiger partial charge is 0.358 e. The molecule has 0 atom stereocenters. The van der Waals surface area contributed by atoms with Gasteiger partial charge in [-0.3, -0.25) is 0 Å². The molecule has 0 radical (unpaired) electrons. The Kier molecular flexibility index (Phi) is 9.05. The van der Waals surface area contributed by atoms with Crippen LogP contribution in [-0.2, 0) is 11.8 Å². The van der Waals surface area contributed by atoms with Gasteiger partial charge in [-0.15, -0.1) is 0 Å². The number of nitrogens with one attached hydrogen (secondary N) is 1. The van der Waals surface area contributed by atoms with E-state index in [9.17, 15) is 124 Å². The number of rotatable bonds is 11. The van der Waals surface area contributed by atoms with Crippen molar-refractivity contribution < 1.29 is 119 Å². The van der Waals surface area contributed by atoms with E-state index in [1.807, 2.05) is 0 Å². The predicted octanol–water partition coefficient (Wildman–Crippen LogP) is 9.31. The highest BCUT2D eigenvalue weighted by molar-refractivity contribution is 5.49. The van der Waals surface area contributed by atoms with Crippen molar-refractivity contribution in [3.63, 3.8) is 0 Å². The molecule has 0 spiro atoms. The van der Waals surface area contributed by atoms with E-state index in [1.54, 1.807) is 0 Å². The van der Waals surface area contributed by atoms with E-state index in [1.165, 1.54) is 0 Å². The van der Waals surface area contributed by atoms with Gasteiger partial charge in [-0.05, 0) is 4.92 Å². The lowest BCUT2D eigenvalue weighted by atomic mass is 9.85. The summed E-state index contributed by atoms with van der Waals surface area (Å²) in [4.78, 5) is 7.92. The van der Waals surface area contributed by atoms with Crippen molar-refractivity contribution in [3.05, 3.63) is 27.4 Å². The van der Waals surface area contributed by atoms with Crippen LogP contribution in [0.4, 0.5) is 120 Å². The van der Waals surface area contributed by atoms with Crippen molar-refractivity contribution in [1.82, 2.24) is 4.98 Å². The number of nitro groups is 1. The van der Waals surface area contributed by atoms with E-state index < -0.39 is 99.6 Å². The Balaban J connectivity index is 4.23. The molecule has 0 aliphatic rings. The fraction of sp³-hybridized carbons (Fsp3) is 0.750. The van der Waals surface area contributed by atoms with Crippen molar-refractivity contribution in [2.24, 2.45) is 0 Å². The van der Waals surface area contributed by atoms with Gasteiger partial charge >= 0.3 is 77.4 Å². The number of hydrogen-bond donors (Lipinski definition) is 1. The van der Waals surface area contributed by atoms with Crippen LogP contribution in [0, 0.1) is 10.1 Å². The molecule has 0 fully saturated rings. The molecular formula is C16H2F26N2O2. The number of aromatic amines is 1. The highest BCUT2D eigenvalue weighted by Gasteiger charge is 2.93. The van der Waals surface area contributed by atoms with Crippen LogP contribution in [0.15, 0.2) is 6.20 Å². The summed E-state index contributed by atoms with van der Waals surface area (Å²) in [6.07, 6.45) is -18.0. The second kappa shape index (κ2) is 10.2. The third-order valence-corrected chi connectivity index (χ3v) is 5.56. The SMILES string of the molecule is O=[N+]([O-])c1[nH]cc(C(F)(F)C(F)(F)C(F)(F)C(F)(F)C(F)(F)C(F)(F)F)c1C(F)(F)C(F)(F)C(F)(F)C(F)(F)C(F)(F)C(F)(F)F. The summed E-state index contributed by atoms with van der Waals surface area (Å²) in [6, 6.07) is 0. The molecule has 30 heteroatoms. The van der Waals surface area contributed by atoms with Crippen LogP contribution in [-0.4, -0.2) is 69.6 Å². The first-order valence-electron chi connectivity index (χ1n) is 9.83. The van der Waals surface area contributed by atoms with Crippen LogP contribution in [0.1, 0.15) is 11.1 Å². The summed E-state index contributed by atoms with van der Waals surface area (Å²) in [5.74, 6) is -90.9. The predicted molar refractivity (Wildman–Crippen MR) is 86.9 cm³/mol. The van der Waals surface area contributed by atoms with Crippen molar-refractivity contribution in [1.29, 1.82) is 0 Å². The number of H-pyrrole nitrogens is 1. The Morgan fingerprint density at radius 3 is 0.957 bits per heavy atom. The zero-order valence-electron chi connectivity index (χ0n) is 19.7. The average Bonchev–Trinajstić information content (AvgIpc) is 3.29. The molecule has 0 bridgehead atoms. The maximum Gasteiger partial charge on any atom is 0.460 e. The topological polar surface area (TPSA) is 58.9 Å². The Bertz CT molecular complexity index is 1320. The Hall–Kier alpha value is -3.14. The molecule has 1 aromatic heterocycles. The fourth-order valence-electron chi connectivity index (χ4n) is 2.99. The number of nitrogens with zero attached hydrogens (tertiary/aromatic N) is 1. The lowest BCUT2D eigenvalue weighted by molar-refractivity contribution is -0.445. The molecule has 0 aliphatic carbocycles. The normalized spacial score (nSPS) is 16.2. The van der Waals surface area contributed by atoms with Gasteiger partial charge in [0.05, 0.1) is 11.8 Å². The zero-order valence-corrected chi connectivity index (χ0v) is 19.7. The van der Waals surface area contributed by atoms with Gasteiger partial charge in [0.2, 0.25) is 0 Å². The Labute approximate surface area is 230 Å². The van der Waals surface area contributed by atoms with Crippen LogP contribution >= 0.6 is 0 Å². The number of hydrogen-bond acceptors (Lipinski definition) is 2. The van der Waals surface area contributed by atoms with E-state index >= 15 is 0 Å². The number of halogens is 26. The zero-order chi connectivity index (χ0) is 37.7. The van der Waals surface area contributed by atoms with Crippen molar-refractivity contribution in [2.45, 2.75) is 71.6 Å². The summed E-state index contributed by atoms with van der Waals surface area (Å²) in [6.45, 7) is 0. The molecule has 0 saturated heterocycles. The first-order valence-corrected chi connectivity index (χ1v) is 9.83. The van der Waals surface area contributed by atoms with Gasteiger partial charge in [0.15, 0.2) is 0 Å². The van der Waals surface area contributed by atoms with Gasteiger partial charge in [0.1, 0.15) is 5.56 Å². The monoisotopic (exact) mass is 748 g/mol. The van der Waals surface area contributed by atoms with E-state index in [0.717, 1.165) is 0 Å². The fourth-order valence-corrected chi connectivity index (χ4v) is 2.99. The van der Waals surface area contributed by atoms with E-state index in [4.69, 9.17) is 0 Å². The first kappa shape index (κ1) is 40.9. The van der Waals surface area contributed by atoms with Crippen LogP contribution in [0.5, 0.6) is 0 Å². The molecule has 0 aromatic carbocycles.